The first-order valence-electron chi connectivity index (χ1n) is 5.16. The Morgan fingerprint density at radius 1 is 1.18 bits per heavy atom. The third kappa shape index (κ3) is 1.78. The fraction of sp³-hybridized carbons (Fsp3) is 0. The van der Waals surface area contributed by atoms with Crippen LogP contribution in [0.3, 0.4) is 0 Å². The number of fused-ring (bicyclic) bond motifs is 1. The number of phenols is 1. The highest BCUT2D eigenvalue weighted by Crippen LogP contribution is 2.32. The highest BCUT2D eigenvalue weighted by Gasteiger charge is 2.10. The fourth-order valence-electron chi connectivity index (χ4n) is 1.90. The summed E-state index contributed by atoms with van der Waals surface area (Å²) in [7, 11) is 0. The van der Waals surface area contributed by atoms with Gasteiger partial charge in [-0.2, -0.15) is 0 Å². The molecule has 0 radical (unpaired) electrons. The largest absolute Gasteiger partial charge is 0.507 e. The van der Waals surface area contributed by atoms with Crippen LogP contribution >= 0.6 is 22.6 Å². The van der Waals surface area contributed by atoms with Crippen molar-refractivity contribution >= 4 is 28.2 Å². The van der Waals surface area contributed by atoms with Crippen molar-refractivity contribution in [1.29, 1.82) is 0 Å². The van der Waals surface area contributed by atoms with Crippen molar-refractivity contribution in [2.75, 3.05) is 0 Å². The lowest BCUT2D eigenvalue weighted by Crippen LogP contribution is -1.90. The van der Waals surface area contributed by atoms with Gasteiger partial charge in [-0.15, -0.1) is 0 Å². The number of pyridine rings is 1. The average Bonchev–Trinajstić information content (AvgIpc) is 2.76. The van der Waals surface area contributed by atoms with E-state index in [2.05, 4.69) is 27.6 Å². The maximum absolute atomic E-state index is 9.91. The van der Waals surface area contributed by atoms with Crippen LogP contribution in [0.25, 0.3) is 16.8 Å². The molecule has 17 heavy (non-hydrogen) atoms. The number of hydrogen-bond acceptors (Lipinski definition) is 2. The molecule has 2 aromatic heterocycles. The molecule has 2 heterocycles. The van der Waals surface area contributed by atoms with Crippen LogP contribution in [0, 0.1) is 3.57 Å². The Bertz CT molecular complexity index is 691. The van der Waals surface area contributed by atoms with Crippen molar-refractivity contribution in [3.05, 3.63) is 52.5 Å². The fourth-order valence-corrected chi connectivity index (χ4v) is 2.51. The number of phenolic OH excluding ortho intramolecular Hbond substituents is 1. The zero-order valence-electron chi connectivity index (χ0n) is 8.84. The average molecular weight is 336 g/mol. The zero-order chi connectivity index (χ0) is 11.8. The molecule has 0 aliphatic rings. The van der Waals surface area contributed by atoms with Gasteiger partial charge in [-0.1, -0.05) is 18.2 Å². The first-order valence-corrected chi connectivity index (χ1v) is 6.24. The van der Waals surface area contributed by atoms with Crippen LogP contribution in [0.1, 0.15) is 0 Å². The minimum Gasteiger partial charge on any atom is -0.507 e. The zero-order valence-corrected chi connectivity index (χ0v) is 11.0. The van der Waals surface area contributed by atoms with Gasteiger partial charge in [0.15, 0.2) is 0 Å². The maximum atomic E-state index is 9.91. The minimum atomic E-state index is 0.277. The number of benzene rings is 1. The summed E-state index contributed by atoms with van der Waals surface area (Å²) in [6, 6.07) is 9.34. The van der Waals surface area contributed by atoms with Crippen molar-refractivity contribution in [1.82, 2.24) is 9.38 Å². The van der Waals surface area contributed by atoms with Crippen molar-refractivity contribution in [3.8, 4) is 16.9 Å². The van der Waals surface area contributed by atoms with Gasteiger partial charge in [-0.25, -0.2) is 4.98 Å². The number of aromatic hydroxyl groups is 1. The van der Waals surface area contributed by atoms with E-state index in [0.717, 1.165) is 20.3 Å². The molecule has 3 rings (SSSR count). The standard InChI is InChI=1S/C13H9IN2O/c14-9-7-11(10-3-1-2-4-12(10)17)13-15-5-6-16(13)8-9/h1-8,17H. The highest BCUT2D eigenvalue weighted by molar-refractivity contribution is 14.1. The molecule has 0 amide bonds. The molecular formula is C13H9IN2O. The molecule has 4 heteroatoms. The van der Waals surface area contributed by atoms with E-state index in [1.54, 1.807) is 12.3 Å². The van der Waals surface area contributed by atoms with E-state index in [0.29, 0.717) is 0 Å². The molecule has 3 nitrogen and oxygen atoms in total. The normalized spacial score (nSPS) is 10.9. The lowest BCUT2D eigenvalue weighted by Gasteiger charge is -2.07. The number of para-hydroxylation sites is 1. The van der Waals surface area contributed by atoms with Crippen molar-refractivity contribution < 1.29 is 5.11 Å². The quantitative estimate of drug-likeness (QED) is 0.693. The van der Waals surface area contributed by atoms with Crippen molar-refractivity contribution in [3.63, 3.8) is 0 Å². The second kappa shape index (κ2) is 4.03. The Labute approximate surface area is 112 Å². The third-order valence-electron chi connectivity index (χ3n) is 2.65. The molecule has 1 N–H and O–H groups in total. The van der Waals surface area contributed by atoms with Crippen LogP contribution in [-0.2, 0) is 0 Å². The molecule has 0 unspecified atom stereocenters. The molecule has 1 aromatic carbocycles. The van der Waals surface area contributed by atoms with Crippen LogP contribution < -0.4 is 0 Å². The number of nitrogens with zero attached hydrogens (tertiary/aromatic N) is 2. The van der Waals surface area contributed by atoms with E-state index in [-0.39, 0.29) is 5.75 Å². The molecule has 3 aromatic rings. The predicted molar refractivity (Wildman–Crippen MR) is 75.0 cm³/mol. The number of halogens is 1. The highest BCUT2D eigenvalue weighted by atomic mass is 127. The van der Waals surface area contributed by atoms with Crippen LogP contribution in [-0.4, -0.2) is 14.5 Å². The summed E-state index contributed by atoms with van der Waals surface area (Å²) >= 11 is 2.26. The van der Waals surface area contributed by atoms with Crippen LogP contribution in [0.5, 0.6) is 5.75 Å². The molecule has 0 fully saturated rings. The van der Waals surface area contributed by atoms with E-state index >= 15 is 0 Å². The number of aromatic nitrogens is 2. The van der Waals surface area contributed by atoms with Gasteiger partial charge >= 0.3 is 0 Å². The molecule has 0 saturated heterocycles. The Balaban J connectivity index is 2.37. The Hall–Kier alpha value is -1.56. The number of imidazole rings is 1. The summed E-state index contributed by atoms with van der Waals surface area (Å²) in [4.78, 5) is 4.33. The van der Waals surface area contributed by atoms with Crippen LogP contribution in [0.2, 0.25) is 0 Å². The van der Waals surface area contributed by atoms with Gasteiger partial charge in [0.05, 0.1) is 0 Å². The van der Waals surface area contributed by atoms with E-state index in [1.165, 1.54) is 0 Å². The minimum absolute atomic E-state index is 0.277. The topological polar surface area (TPSA) is 37.5 Å². The Kier molecular flexibility index (Phi) is 2.51. The summed E-state index contributed by atoms with van der Waals surface area (Å²) < 4.78 is 3.06. The van der Waals surface area contributed by atoms with Gasteiger partial charge in [0, 0.05) is 33.3 Å². The Morgan fingerprint density at radius 3 is 2.82 bits per heavy atom. The monoisotopic (exact) mass is 336 g/mol. The van der Waals surface area contributed by atoms with Gasteiger partial charge in [-0.3, -0.25) is 0 Å². The van der Waals surface area contributed by atoms with Crippen molar-refractivity contribution in [2.24, 2.45) is 0 Å². The lowest BCUT2D eigenvalue weighted by molar-refractivity contribution is 0.477. The van der Waals surface area contributed by atoms with Gasteiger partial charge in [0.2, 0.25) is 0 Å². The molecule has 84 valence electrons. The number of rotatable bonds is 1. The van der Waals surface area contributed by atoms with Gasteiger partial charge in [-0.05, 0) is 34.7 Å². The molecule has 0 aliphatic carbocycles. The smallest absolute Gasteiger partial charge is 0.144 e. The van der Waals surface area contributed by atoms with E-state index in [9.17, 15) is 5.11 Å². The first kappa shape index (κ1) is 10.6. The number of hydrogen-bond donors (Lipinski definition) is 1. The maximum Gasteiger partial charge on any atom is 0.144 e. The van der Waals surface area contributed by atoms with Gasteiger partial charge < -0.3 is 9.51 Å². The summed E-state index contributed by atoms with van der Waals surface area (Å²) in [6.07, 6.45) is 5.67. The Morgan fingerprint density at radius 2 is 2.00 bits per heavy atom. The summed E-state index contributed by atoms with van der Waals surface area (Å²) in [6.45, 7) is 0. The van der Waals surface area contributed by atoms with Gasteiger partial charge in [0.25, 0.3) is 0 Å². The SMILES string of the molecule is Oc1ccccc1-c1cc(I)cn2ccnc12. The molecule has 0 bridgehead atoms. The summed E-state index contributed by atoms with van der Waals surface area (Å²) in [5.74, 6) is 0.277. The van der Waals surface area contributed by atoms with Crippen LogP contribution in [0.15, 0.2) is 48.9 Å². The third-order valence-corrected chi connectivity index (χ3v) is 3.24. The van der Waals surface area contributed by atoms with Crippen LogP contribution in [0.4, 0.5) is 0 Å². The summed E-state index contributed by atoms with van der Waals surface area (Å²) in [5.41, 5.74) is 2.61. The lowest BCUT2D eigenvalue weighted by atomic mass is 10.1. The predicted octanol–water partition coefficient (Wildman–Crippen LogP) is 3.31. The van der Waals surface area contributed by atoms with E-state index < -0.39 is 0 Å². The molecule has 0 spiro atoms. The van der Waals surface area contributed by atoms with Crippen molar-refractivity contribution in [2.45, 2.75) is 0 Å². The first-order chi connectivity index (χ1) is 8.25. The second-order valence-corrected chi connectivity index (χ2v) is 4.99. The summed E-state index contributed by atoms with van der Waals surface area (Å²) in [5, 5.41) is 9.91. The molecule has 0 aliphatic heterocycles. The second-order valence-electron chi connectivity index (χ2n) is 3.75. The van der Waals surface area contributed by atoms with E-state index in [4.69, 9.17) is 0 Å². The molecule has 0 saturated carbocycles. The van der Waals surface area contributed by atoms with Gasteiger partial charge in [0.1, 0.15) is 11.4 Å². The van der Waals surface area contributed by atoms with E-state index in [1.807, 2.05) is 41.1 Å². The molecule has 0 atom stereocenters. The molecular weight excluding hydrogens is 327 g/mol.